The summed E-state index contributed by atoms with van der Waals surface area (Å²) in [4.78, 5) is 17.4. The Morgan fingerprint density at radius 2 is 1.88 bits per heavy atom. The van der Waals surface area contributed by atoms with Crippen molar-refractivity contribution in [2.45, 2.75) is 0 Å². The summed E-state index contributed by atoms with van der Waals surface area (Å²) in [7, 11) is 0. The van der Waals surface area contributed by atoms with E-state index in [-0.39, 0.29) is 5.91 Å². The van der Waals surface area contributed by atoms with Crippen LogP contribution in [0.25, 0.3) is 28.2 Å². The van der Waals surface area contributed by atoms with Crippen LogP contribution in [0.2, 0.25) is 0 Å². The molecular weight excluding hydrogens is 420 g/mol. The van der Waals surface area contributed by atoms with Crippen molar-refractivity contribution in [3.05, 3.63) is 65.4 Å². The summed E-state index contributed by atoms with van der Waals surface area (Å²) in [6.45, 7) is 0. The quantitative estimate of drug-likeness (QED) is 0.412. The van der Waals surface area contributed by atoms with Crippen molar-refractivity contribution < 1.29 is 18.0 Å². The van der Waals surface area contributed by atoms with E-state index < -0.39 is 0 Å². The number of hydrogen-bond donors (Lipinski definition) is 1. The van der Waals surface area contributed by atoms with Gasteiger partial charge in [-0.05, 0) is 58.4 Å². The highest BCUT2D eigenvalue weighted by Crippen LogP contribution is 2.39. The zero-order chi connectivity index (χ0) is 17.9. The number of amides is 1. The van der Waals surface area contributed by atoms with Gasteiger partial charge in [-0.25, -0.2) is 4.98 Å². The number of anilines is 1. The fourth-order valence-corrected chi connectivity index (χ4v) is 3.51. The van der Waals surface area contributed by atoms with E-state index in [1.165, 1.54) is 17.4 Å². The number of halogens is 1. The molecule has 0 unspecified atom stereocenters. The van der Waals surface area contributed by atoms with E-state index >= 15 is 0 Å². The summed E-state index contributed by atoms with van der Waals surface area (Å²) >= 11 is 4.52. The van der Waals surface area contributed by atoms with Gasteiger partial charge in [0.1, 0.15) is 22.1 Å². The van der Waals surface area contributed by atoms with Crippen molar-refractivity contribution in [3.8, 4) is 22.1 Å². The second kappa shape index (κ2) is 7.19. The molecule has 0 fully saturated rings. The van der Waals surface area contributed by atoms with Gasteiger partial charge in [0, 0.05) is 6.08 Å². The molecule has 4 aromatic rings. The molecule has 26 heavy (non-hydrogen) atoms. The highest BCUT2D eigenvalue weighted by atomic mass is 79.9. The molecule has 1 amide bonds. The van der Waals surface area contributed by atoms with Crippen LogP contribution < -0.4 is 5.32 Å². The first-order valence-electron chi connectivity index (χ1n) is 7.52. The Morgan fingerprint density at radius 1 is 1.12 bits per heavy atom. The fraction of sp³-hybridized carbons (Fsp3) is 0. The van der Waals surface area contributed by atoms with Gasteiger partial charge in [0.05, 0.1) is 12.5 Å². The van der Waals surface area contributed by atoms with Crippen molar-refractivity contribution in [2.75, 3.05) is 5.32 Å². The van der Waals surface area contributed by atoms with Gasteiger partial charge >= 0.3 is 0 Å². The van der Waals surface area contributed by atoms with Crippen molar-refractivity contribution in [3.63, 3.8) is 0 Å². The highest BCUT2D eigenvalue weighted by Gasteiger charge is 2.19. The fourth-order valence-electron chi connectivity index (χ4n) is 2.25. The molecule has 0 spiro atoms. The molecule has 0 aliphatic heterocycles. The lowest BCUT2D eigenvalue weighted by molar-refractivity contribution is -0.111. The SMILES string of the molecule is O=C(/C=C/c1ccc(Br)o1)Nc1nc(-c2ccco2)c(-c2ccco2)s1. The topological polar surface area (TPSA) is 81.4 Å². The molecule has 4 heterocycles. The normalized spacial score (nSPS) is 11.3. The number of rotatable bonds is 5. The number of aromatic nitrogens is 1. The second-order valence-electron chi connectivity index (χ2n) is 5.12. The molecule has 0 bridgehead atoms. The molecular formula is C18H11BrN2O4S. The average molecular weight is 431 g/mol. The summed E-state index contributed by atoms with van der Waals surface area (Å²) in [5.41, 5.74) is 0.615. The largest absolute Gasteiger partial charge is 0.463 e. The summed E-state index contributed by atoms with van der Waals surface area (Å²) < 4.78 is 16.8. The van der Waals surface area contributed by atoms with Gasteiger partial charge < -0.3 is 13.3 Å². The Balaban J connectivity index is 1.58. The van der Waals surface area contributed by atoms with Crippen LogP contribution in [0.5, 0.6) is 0 Å². The Kier molecular flexibility index (Phi) is 4.59. The Bertz CT molecular complexity index is 994. The third-order valence-corrected chi connectivity index (χ3v) is 4.76. The molecule has 8 heteroatoms. The lowest BCUT2D eigenvalue weighted by atomic mass is 10.2. The van der Waals surface area contributed by atoms with E-state index in [1.807, 2.05) is 12.1 Å². The number of furan rings is 3. The van der Waals surface area contributed by atoms with Gasteiger partial charge in [0.2, 0.25) is 5.91 Å². The van der Waals surface area contributed by atoms with Gasteiger partial charge in [-0.15, -0.1) is 0 Å². The zero-order valence-electron chi connectivity index (χ0n) is 13.1. The molecule has 0 aromatic carbocycles. The van der Waals surface area contributed by atoms with E-state index in [1.54, 1.807) is 42.9 Å². The van der Waals surface area contributed by atoms with Crippen LogP contribution in [0.15, 0.2) is 72.9 Å². The maximum absolute atomic E-state index is 12.2. The maximum atomic E-state index is 12.2. The smallest absolute Gasteiger partial charge is 0.250 e. The number of carbonyl (C=O) groups excluding carboxylic acids is 1. The lowest BCUT2D eigenvalue weighted by Crippen LogP contribution is -2.07. The molecule has 4 aromatic heterocycles. The van der Waals surface area contributed by atoms with Gasteiger partial charge in [0.15, 0.2) is 15.6 Å². The van der Waals surface area contributed by atoms with Crippen LogP contribution in [-0.4, -0.2) is 10.9 Å². The van der Waals surface area contributed by atoms with Gasteiger partial charge in [-0.3, -0.25) is 10.1 Å². The number of nitrogens with one attached hydrogen (secondary N) is 1. The average Bonchev–Trinajstić information content (AvgIpc) is 3.39. The van der Waals surface area contributed by atoms with Crippen LogP contribution in [0.3, 0.4) is 0 Å². The predicted octanol–water partition coefficient (Wildman–Crippen LogP) is 5.67. The lowest BCUT2D eigenvalue weighted by Gasteiger charge is -1.95. The van der Waals surface area contributed by atoms with Crippen LogP contribution in [-0.2, 0) is 4.79 Å². The predicted molar refractivity (Wildman–Crippen MR) is 102 cm³/mol. The number of thiazole rings is 1. The Hall–Kier alpha value is -2.84. The Labute approximate surface area is 160 Å². The third-order valence-electron chi connectivity index (χ3n) is 3.35. The zero-order valence-corrected chi connectivity index (χ0v) is 15.5. The first-order valence-corrected chi connectivity index (χ1v) is 9.13. The number of hydrogen-bond acceptors (Lipinski definition) is 6. The molecule has 0 atom stereocenters. The van der Waals surface area contributed by atoms with E-state index in [9.17, 15) is 4.79 Å². The number of carbonyl (C=O) groups is 1. The van der Waals surface area contributed by atoms with Gasteiger partial charge in [-0.2, -0.15) is 0 Å². The van der Waals surface area contributed by atoms with Crippen LogP contribution in [0.1, 0.15) is 5.76 Å². The van der Waals surface area contributed by atoms with Crippen LogP contribution in [0, 0.1) is 0 Å². The van der Waals surface area contributed by atoms with E-state index in [0.717, 1.165) is 4.88 Å². The molecule has 4 rings (SSSR count). The minimum Gasteiger partial charge on any atom is -0.463 e. The van der Waals surface area contributed by atoms with E-state index in [0.29, 0.717) is 32.8 Å². The van der Waals surface area contributed by atoms with Crippen LogP contribution >= 0.6 is 27.3 Å². The standard InChI is InChI=1S/C18H11BrN2O4S/c19-14-7-5-11(25-14)6-8-15(22)20-18-21-16(12-3-1-9-23-12)17(26-18)13-4-2-10-24-13/h1-10H,(H,20,21,22)/b8-6+. The van der Waals surface area contributed by atoms with Crippen molar-refractivity contribution in [2.24, 2.45) is 0 Å². The van der Waals surface area contributed by atoms with Crippen LogP contribution in [0.4, 0.5) is 5.13 Å². The molecule has 130 valence electrons. The number of nitrogens with zero attached hydrogens (tertiary/aromatic N) is 1. The van der Waals surface area contributed by atoms with Gasteiger partial charge in [0.25, 0.3) is 0 Å². The summed E-state index contributed by atoms with van der Waals surface area (Å²) in [6, 6.07) is 10.7. The molecule has 0 aliphatic rings. The molecule has 0 aliphatic carbocycles. The summed E-state index contributed by atoms with van der Waals surface area (Å²) in [6.07, 6.45) is 6.12. The van der Waals surface area contributed by atoms with Crippen molar-refractivity contribution in [1.82, 2.24) is 4.98 Å². The third kappa shape index (κ3) is 3.56. The van der Waals surface area contributed by atoms with Crippen molar-refractivity contribution >= 4 is 44.4 Å². The van der Waals surface area contributed by atoms with Crippen molar-refractivity contribution in [1.29, 1.82) is 0 Å². The summed E-state index contributed by atoms with van der Waals surface area (Å²) in [5, 5.41) is 3.19. The molecule has 6 nitrogen and oxygen atoms in total. The Morgan fingerprint density at radius 3 is 2.54 bits per heavy atom. The summed E-state index contributed by atoms with van der Waals surface area (Å²) in [5.74, 6) is 1.51. The van der Waals surface area contributed by atoms with E-state index in [2.05, 4.69) is 26.2 Å². The monoisotopic (exact) mass is 430 g/mol. The maximum Gasteiger partial charge on any atom is 0.250 e. The highest BCUT2D eigenvalue weighted by molar-refractivity contribution is 9.10. The minimum atomic E-state index is -0.316. The molecule has 0 saturated heterocycles. The molecule has 1 N–H and O–H groups in total. The first-order chi connectivity index (χ1) is 12.7. The van der Waals surface area contributed by atoms with Gasteiger partial charge in [-0.1, -0.05) is 11.3 Å². The first kappa shape index (κ1) is 16.6. The molecule has 0 saturated carbocycles. The molecule has 0 radical (unpaired) electrons. The second-order valence-corrected chi connectivity index (χ2v) is 6.90. The minimum absolute atomic E-state index is 0.316. The van der Waals surface area contributed by atoms with E-state index in [4.69, 9.17) is 13.3 Å².